The molecule has 8 heteroatoms. The van der Waals surface area contributed by atoms with E-state index in [1.54, 1.807) is 6.92 Å². The van der Waals surface area contributed by atoms with Crippen molar-refractivity contribution in [2.45, 2.75) is 17.9 Å². The topological polar surface area (TPSA) is 69.7 Å². The molecule has 0 bridgehead atoms. The first-order chi connectivity index (χ1) is 8.79. The number of hydrogen-bond acceptors (Lipinski definition) is 5. The van der Waals surface area contributed by atoms with Gasteiger partial charge >= 0.3 is 5.97 Å². The molecule has 1 aliphatic heterocycles. The molecule has 104 valence electrons. The summed E-state index contributed by atoms with van der Waals surface area (Å²) in [6, 6.07) is 2.36. The summed E-state index contributed by atoms with van der Waals surface area (Å²) < 4.78 is 32.6. The Balaban J connectivity index is 2.37. The number of halogens is 2. The minimum absolute atomic E-state index is 0.0821. The number of benzene rings is 1. The van der Waals surface area contributed by atoms with Crippen LogP contribution in [0.5, 0.6) is 0 Å². The molecule has 0 aliphatic carbocycles. The van der Waals surface area contributed by atoms with Crippen LogP contribution in [0.4, 0.5) is 0 Å². The highest BCUT2D eigenvalue weighted by atomic mass is 35.7. The standard InChI is InChI=1S/C11H10Cl2O5S/c1-6-9(11(14)18-7-4-17-5-7)2-8(3-10(6)12)19(13,15)16/h2-3,7H,4-5H2,1H3. The van der Waals surface area contributed by atoms with E-state index in [-0.39, 0.29) is 21.6 Å². The van der Waals surface area contributed by atoms with Gasteiger partial charge in [-0.3, -0.25) is 0 Å². The van der Waals surface area contributed by atoms with E-state index in [1.165, 1.54) is 6.07 Å². The summed E-state index contributed by atoms with van der Waals surface area (Å²) in [4.78, 5) is 11.7. The number of hydrogen-bond donors (Lipinski definition) is 0. The van der Waals surface area contributed by atoms with Gasteiger partial charge in [0.2, 0.25) is 0 Å². The number of carbonyl (C=O) groups is 1. The van der Waals surface area contributed by atoms with Gasteiger partial charge in [-0.25, -0.2) is 13.2 Å². The van der Waals surface area contributed by atoms with Crippen molar-refractivity contribution < 1.29 is 22.7 Å². The number of rotatable bonds is 3. The molecule has 1 fully saturated rings. The van der Waals surface area contributed by atoms with Crippen molar-refractivity contribution in [1.82, 2.24) is 0 Å². The van der Waals surface area contributed by atoms with Crippen molar-refractivity contribution in [1.29, 1.82) is 0 Å². The molecule has 1 heterocycles. The fourth-order valence-corrected chi connectivity index (χ4v) is 2.57. The summed E-state index contributed by atoms with van der Waals surface area (Å²) in [5, 5.41) is 0.138. The first-order valence-electron chi connectivity index (χ1n) is 5.32. The van der Waals surface area contributed by atoms with Gasteiger partial charge in [0.15, 0.2) is 0 Å². The van der Waals surface area contributed by atoms with E-state index in [2.05, 4.69) is 0 Å². The lowest BCUT2D eigenvalue weighted by molar-refractivity contribution is -0.103. The fraction of sp³-hybridized carbons (Fsp3) is 0.364. The van der Waals surface area contributed by atoms with Crippen LogP contribution < -0.4 is 0 Å². The van der Waals surface area contributed by atoms with Gasteiger partial charge < -0.3 is 9.47 Å². The molecule has 1 aliphatic rings. The predicted octanol–water partition coefficient (Wildman–Crippen LogP) is 2.13. The summed E-state index contributed by atoms with van der Waals surface area (Å²) in [7, 11) is 1.28. The smallest absolute Gasteiger partial charge is 0.338 e. The van der Waals surface area contributed by atoms with Crippen LogP contribution in [0.2, 0.25) is 5.02 Å². The van der Waals surface area contributed by atoms with E-state index in [0.717, 1.165) is 6.07 Å². The lowest BCUT2D eigenvalue weighted by Gasteiger charge is -2.26. The third kappa shape index (κ3) is 3.20. The maximum atomic E-state index is 11.9. The summed E-state index contributed by atoms with van der Waals surface area (Å²) in [6.45, 7) is 2.28. The van der Waals surface area contributed by atoms with Gasteiger partial charge in [-0.1, -0.05) is 11.6 Å². The van der Waals surface area contributed by atoms with Crippen LogP contribution in [0, 0.1) is 6.92 Å². The third-order valence-corrected chi connectivity index (χ3v) is 4.43. The zero-order chi connectivity index (χ0) is 14.2. The lowest BCUT2D eigenvalue weighted by atomic mass is 10.1. The molecule has 0 radical (unpaired) electrons. The Morgan fingerprint density at radius 1 is 1.42 bits per heavy atom. The second-order valence-electron chi connectivity index (χ2n) is 4.08. The summed E-state index contributed by atoms with van der Waals surface area (Å²) in [5.74, 6) is -0.644. The molecule has 0 saturated carbocycles. The fourth-order valence-electron chi connectivity index (χ4n) is 1.50. The molecular formula is C11H10Cl2O5S. The molecule has 1 saturated heterocycles. The molecule has 0 atom stereocenters. The predicted molar refractivity (Wildman–Crippen MR) is 69.3 cm³/mol. The second kappa shape index (κ2) is 5.28. The van der Waals surface area contributed by atoms with E-state index >= 15 is 0 Å². The van der Waals surface area contributed by atoms with Gasteiger partial charge in [-0.2, -0.15) is 0 Å². The Kier molecular flexibility index (Phi) is 4.06. The molecule has 5 nitrogen and oxygen atoms in total. The minimum atomic E-state index is -3.96. The highest BCUT2D eigenvalue weighted by molar-refractivity contribution is 8.13. The molecule has 2 rings (SSSR count). The number of esters is 1. The van der Waals surface area contributed by atoms with Crippen molar-refractivity contribution in [2.75, 3.05) is 13.2 Å². The normalized spacial score (nSPS) is 15.9. The monoisotopic (exact) mass is 324 g/mol. The molecule has 0 unspecified atom stereocenters. The van der Waals surface area contributed by atoms with Crippen molar-refractivity contribution in [2.24, 2.45) is 0 Å². The Labute approximate surface area is 119 Å². The number of carbonyl (C=O) groups excluding carboxylic acids is 1. The molecule has 0 amide bonds. The summed E-state index contributed by atoms with van der Waals surface area (Å²) in [5.41, 5.74) is 0.523. The van der Waals surface area contributed by atoms with Gasteiger partial charge in [0.25, 0.3) is 9.05 Å². The molecule has 0 N–H and O–H groups in total. The van der Waals surface area contributed by atoms with E-state index in [9.17, 15) is 13.2 Å². The average molecular weight is 325 g/mol. The molecule has 1 aromatic rings. The van der Waals surface area contributed by atoms with Crippen LogP contribution in [0.25, 0.3) is 0 Å². The van der Waals surface area contributed by atoms with Crippen molar-refractivity contribution in [3.05, 3.63) is 28.3 Å². The third-order valence-electron chi connectivity index (χ3n) is 2.70. The van der Waals surface area contributed by atoms with Gasteiger partial charge in [0, 0.05) is 15.7 Å². The Hall–Kier alpha value is -0.820. The summed E-state index contributed by atoms with van der Waals surface area (Å²) in [6.07, 6.45) is -0.304. The van der Waals surface area contributed by atoms with Gasteiger partial charge in [-0.15, -0.1) is 0 Å². The van der Waals surface area contributed by atoms with Crippen LogP contribution in [-0.4, -0.2) is 33.7 Å². The minimum Gasteiger partial charge on any atom is -0.454 e. The van der Waals surface area contributed by atoms with E-state index in [0.29, 0.717) is 18.8 Å². The van der Waals surface area contributed by atoms with Crippen LogP contribution in [0.15, 0.2) is 17.0 Å². The Morgan fingerprint density at radius 2 is 2.05 bits per heavy atom. The summed E-state index contributed by atoms with van der Waals surface area (Å²) >= 11 is 5.90. The maximum Gasteiger partial charge on any atom is 0.338 e. The van der Waals surface area contributed by atoms with Gasteiger partial charge in [-0.05, 0) is 24.6 Å². The first-order valence-corrected chi connectivity index (χ1v) is 8.01. The van der Waals surface area contributed by atoms with Crippen LogP contribution in [0.3, 0.4) is 0 Å². The van der Waals surface area contributed by atoms with Crippen molar-refractivity contribution in [3.63, 3.8) is 0 Å². The zero-order valence-electron chi connectivity index (χ0n) is 9.85. The van der Waals surface area contributed by atoms with Crippen LogP contribution in [-0.2, 0) is 18.5 Å². The van der Waals surface area contributed by atoms with E-state index < -0.39 is 15.0 Å². The Morgan fingerprint density at radius 3 is 2.53 bits per heavy atom. The lowest BCUT2D eigenvalue weighted by Crippen LogP contribution is -2.37. The Bertz CT molecular complexity index is 622. The van der Waals surface area contributed by atoms with E-state index in [4.69, 9.17) is 31.8 Å². The molecule has 0 spiro atoms. The zero-order valence-corrected chi connectivity index (χ0v) is 12.2. The first kappa shape index (κ1) is 14.6. The highest BCUT2D eigenvalue weighted by Gasteiger charge is 2.26. The molecule has 0 aromatic heterocycles. The molecular weight excluding hydrogens is 315 g/mol. The quantitative estimate of drug-likeness (QED) is 0.629. The number of ether oxygens (including phenoxy) is 2. The SMILES string of the molecule is Cc1c(Cl)cc(S(=O)(=O)Cl)cc1C(=O)OC1COC1. The van der Waals surface area contributed by atoms with E-state index in [1.807, 2.05) is 0 Å². The van der Waals surface area contributed by atoms with Crippen molar-refractivity contribution >= 4 is 37.3 Å². The second-order valence-corrected chi connectivity index (χ2v) is 7.05. The molecule has 1 aromatic carbocycles. The van der Waals surface area contributed by atoms with Gasteiger partial charge in [0.1, 0.15) is 6.10 Å². The largest absolute Gasteiger partial charge is 0.454 e. The highest BCUT2D eigenvalue weighted by Crippen LogP contribution is 2.27. The molecule has 19 heavy (non-hydrogen) atoms. The van der Waals surface area contributed by atoms with Crippen LogP contribution in [0.1, 0.15) is 15.9 Å². The van der Waals surface area contributed by atoms with Gasteiger partial charge in [0.05, 0.1) is 23.7 Å². The van der Waals surface area contributed by atoms with Crippen LogP contribution >= 0.6 is 22.3 Å². The average Bonchev–Trinajstić information content (AvgIpc) is 2.25. The maximum absolute atomic E-state index is 11.9. The van der Waals surface area contributed by atoms with Crippen molar-refractivity contribution in [3.8, 4) is 0 Å².